The highest BCUT2D eigenvalue weighted by atomic mass is 16.5. The van der Waals surface area contributed by atoms with E-state index in [4.69, 9.17) is 4.74 Å². The van der Waals surface area contributed by atoms with Crippen LogP contribution in [0.1, 0.15) is 30.5 Å². The van der Waals surface area contributed by atoms with Crippen molar-refractivity contribution in [1.82, 2.24) is 0 Å². The van der Waals surface area contributed by atoms with Crippen molar-refractivity contribution in [3.8, 4) is 5.75 Å². The monoisotopic (exact) mass is 454 g/mol. The molecule has 0 saturated carbocycles. The minimum absolute atomic E-state index is 0.0103. The molecule has 0 aromatic heterocycles. The van der Waals surface area contributed by atoms with Crippen LogP contribution in [0, 0.1) is 13.8 Å². The van der Waals surface area contributed by atoms with Crippen LogP contribution in [0.15, 0.2) is 78.4 Å². The predicted molar refractivity (Wildman–Crippen MR) is 137 cm³/mol. The van der Waals surface area contributed by atoms with Gasteiger partial charge in [-0.15, -0.1) is 0 Å². The smallest absolute Gasteiger partial charge is 0.254 e. The summed E-state index contributed by atoms with van der Waals surface area (Å²) in [6, 6.07) is 22.3. The molecular weight excluding hydrogens is 424 g/mol. The molecule has 3 aromatic carbocycles. The Morgan fingerprint density at radius 3 is 2.26 bits per heavy atom. The first-order chi connectivity index (χ1) is 16.4. The number of ether oxygens (including phenoxy) is 1. The van der Waals surface area contributed by atoms with Crippen molar-refractivity contribution in [2.45, 2.75) is 33.7 Å². The molecule has 4 rings (SSSR count). The third-order valence-electron chi connectivity index (χ3n) is 6.17. The van der Waals surface area contributed by atoms with Gasteiger partial charge in [-0.3, -0.25) is 14.5 Å². The first-order valence-electron chi connectivity index (χ1n) is 11.6. The molecule has 2 amide bonds. The van der Waals surface area contributed by atoms with E-state index in [2.05, 4.69) is 0 Å². The summed E-state index contributed by atoms with van der Waals surface area (Å²) in [5.74, 6) is 0.473. The summed E-state index contributed by atoms with van der Waals surface area (Å²) in [5.41, 5.74) is 5.42. The number of benzene rings is 3. The molecule has 1 aliphatic heterocycles. The Labute approximate surface area is 201 Å². The van der Waals surface area contributed by atoms with Crippen molar-refractivity contribution < 1.29 is 14.3 Å². The van der Waals surface area contributed by atoms with E-state index in [0.717, 1.165) is 33.7 Å². The highest BCUT2D eigenvalue weighted by molar-refractivity contribution is 6.16. The molecule has 0 N–H and O–H groups in total. The van der Waals surface area contributed by atoms with Gasteiger partial charge in [0.05, 0.1) is 6.61 Å². The normalized spacial score (nSPS) is 16.7. The van der Waals surface area contributed by atoms with Crippen molar-refractivity contribution in [3.63, 3.8) is 0 Å². The number of rotatable bonds is 6. The van der Waals surface area contributed by atoms with Crippen molar-refractivity contribution in [3.05, 3.63) is 95.1 Å². The lowest BCUT2D eigenvalue weighted by molar-refractivity contribution is -0.127. The number of piperazine rings is 1. The first-order valence-corrected chi connectivity index (χ1v) is 11.6. The zero-order valence-electron chi connectivity index (χ0n) is 20.1. The van der Waals surface area contributed by atoms with Gasteiger partial charge in [0.1, 0.15) is 18.3 Å². The van der Waals surface area contributed by atoms with Crippen LogP contribution in [0.4, 0.5) is 11.4 Å². The quantitative estimate of drug-likeness (QED) is 0.490. The number of nitrogens with zero attached hydrogens (tertiary/aromatic N) is 2. The zero-order chi connectivity index (χ0) is 24.2. The van der Waals surface area contributed by atoms with Gasteiger partial charge < -0.3 is 9.64 Å². The van der Waals surface area contributed by atoms with Crippen LogP contribution in [-0.2, 0) is 9.59 Å². The number of carbonyl (C=O) groups excluding carboxylic acids is 2. The Balaban J connectivity index is 1.77. The van der Waals surface area contributed by atoms with E-state index in [1.54, 1.807) is 9.80 Å². The van der Waals surface area contributed by atoms with Crippen LogP contribution < -0.4 is 14.5 Å². The molecule has 0 spiro atoms. The van der Waals surface area contributed by atoms with Gasteiger partial charge in [0, 0.05) is 11.4 Å². The van der Waals surface area contributed by atoms with E-state index in [1.165, 1.54) is 0 Å². The summed E-state index contributed by atoms with van der Waals surface area (Å²) >= 11 is 0. The minimum Gasteiger partial charge on any atom is -0.494 e. The number of aryl methyl sites for hydroxylation is 2. The van der Waals surface area contributed by atoms with Gasteiger partial charge in [-0.1, -0.05) is 42.5 Å². The molecule has 1 aliphatic rings. The molecule has 0 bridgehead atoms. The zero-order valence-corrected chi connectivity index (χ0v) is 20.1. The molecule has 1 heterocycles. The van der Waals surface area contributed by atoms with Crippen LogP contribution in [-0.4, -0.2) is 31.0 Å². The van der Waals surface area contributed by atoms with Crippen molar-refractivity contribution in [2.75, 3.05) is 23.0 Å². The fourth-order valence-electron chi connectivity index (χ4n) is 4.26. The SMILES string of the molecule is CCOc1ccc(N2C(=O)CN(c3ccc(C)c(C)c3)C(=O)[C@H]2/C(C)=C/c2ccccc2)cc1. The van der Waals surface area contributed by atoms with E-state index in [0.29, 0.717) is 12.3 Å². The third-order valence-corrected chi connectivity index (χ3v) is 6.17. The molecular formula is C29H30N2O3. The molecule has 5 heteroatoms. The van der Waals surface area contributed by atoms with Crippen LogP contribution >= 0.6 is 0 Å². The van der Waals surface area contributed by atoms with E-state index in [9.17, 15) is 9.59 Å². The van der Waals surface area contributed by atoms with Gasteiger partial charge in [-0.2, -0.15) is 0 Å². The van der Waals surface area contributed by atoms with Gasteiger partial charge in [-0.25, -0.2) is 0 Å². The number of hydrogen-bond acceptors (Lipinski definition) is 3. The highest BCUT2D eigenvalue weighted by Crippen LogP contribution is 2.31. The molecule has 34 heavy (non-hydrogen) atoms. The minimum atomic E-state index is -0.749. The summed E-state index contributed by atoms with van der Waals surface area (Å²) in [5, 5.41) is 0. The van der Waals surface area contributed by atoms with Crippen LogP contribution in [0.3, 0.4) is 0 Å². The van der Waals surface area contributed by atoms with Crippen LogP contribution in [0.25, 0.3) is 6.08 Å². The topological polar surface area (TPSA) is 49.9 Å². The molecule has 5 nitrogen and oxygen atoms in total. The van der Waals surface area contributed by atoms with Crippen molar-refractivity contribution in [2.24, 2.45) is 0 Å². The molecule has 0 aliphatic carbocycles. The van der Waals surface area contributed by atoms with Crippen molar-refractivity contribution in [1.29, 1.82) is 0 Å². The summed E-state index contributed by atoms with van der Waals surface area (Å²) < 4.78 is 5.56. The van der Waals surface area contributed by atoms with Crippen LogP contribution in [0.5, 0.6) is 5.75 Å². The maximum Gasteiger partial charge on any atom is 0.254 e. The maximum absolute atomic E-state index is 13.9. The van der Waals surface area contributed by atoms with E-state index < -0.39 is 6.04 Å². The maximum atomic E-state index is 13.9. The Morgan fingerprint density at radius 2 is 1.62 bits per heavy atom. The Kier molecular flexibility index (Phi) is 6.82. The third kappa shape index (κ3) is 4.74. The lowest BCUT2D eigenvalue weighted by Crippen LogP contribution is -2.61. The van der Waals surface area contributed by atoms with Gasteiger partial charge in [-0.05, 0) is 86.4 Å². The number of carbonyl (C=O) groups is 2. The predicted octanol–water partition coefficient (Wildman–Crippen LogP) is 5.55. The first kappa shape index (κ1) is 23.3. The lowest BCUT2D eigenvalue weighted by Gasteiger charge is -2.41. The highest BCUT2D eigenvalue weighted by Gasteiger charge is 2.41. The average Bonchev–Trinajstić information content (AvgIpc) is 2.83. The second kappa shape index (κ2) is 9.96. The summed E-state index contributed by atoms with van der Waals surface area (Å²) in [6.45, 7) is 8.44. The second-order valence-corrected chi connectivity index (χ2v) is 8.59. The number of amides is 2. The average molecular weight is 455 g/mol. The fraction of sp³-hybridized carbons (Fsp3) is 0.241. The van der Waals surface area contributed by atoms with Crippen molar-refractivity contribution >= 4 is 29.3 Å². The Hall–Kier alpha value is -3.86. The molecule has 0 unspecified atom stereocenters. The number of anilines is 2. The lowest BCUT2D eigenvalue weighted by atomic mass is 9.98. The largest absolute Gasteiger partial charge is 0.494 e. The summed E-state index contributed by atoms with van der Waals surface area (Å²) in [6.07, 6.45) is 1.97. The molecule has 1 atom stereocenters. The molecule has 1 fully saturated rings. The van der Waals surface area contributed by atoms with Gasteiger partial charge in [0.2, 0.25) is 5.91 Å². The van der Waals surface area contributed by atoms with Crippen LogP contribution in [0.2, 0.25) is 0 Å². The summed E-state index contributed by atoms with van der Waals surface area (Å²) in [7, 11) is 0. The van der Waals surface area contributed by atoms with Gasteiger partial charge >= 0.3 is 0 Å². The van der Waals surface area contributed by atoms with E-state index in [-0.39, 0.29) is 18.4 Å². The fourth-order valence-corrected chi connectivity index (χ4v) is 4.26. The molecule has 0 radical (unpaired) electrons. The summed E-state index contributed by atoms with van der Waals surface area (Å²) in [4.78, 5) is 30.7. The van der Waals surface area contributed by atoms with E-state index in [1.807, 2.05) is 107 Å². The second-order valence-electron chi connectivity index (χ2n) is 8.59. The Bertz CT molecular complexity index is 1220. The Morgan fingerprint density at radius 1 is 0.941 bits per heavy atom. The van der Waals surface area contributed by atoms with E-state index >= 15 is 0 Å². The molecule has 3 aromatic rings. The molecule has 174 valence electrons. The van der Waals surface area contributed by atoms with Gasteiger partial charge in [0.15, 0.2) is 0 Å². The molecule has 1 saturated heterocycles. The standard InChI is InChI=1S/C29H30N2O3/c1-5-34-26-15-13-24(14-16-26)31-27(32)19-30(25-12-11-20(2)21(3)18-25)29(33)28(31)22(4)17-23-9-7-6-8-10-23/h6-18,28H,5,19H2,1-4H3/b22-17+/t28-/m1/s1. The number of hydrogen-bond donors (Lipinski definition) is 0. The van der Waals surface area contributed by atoms with Gasteiger partial charge in [0.25, 0.3) is 5.91 Å².